The third kappa shape index (κ3) is 4.67. The molecule has 0 saturated carbocycles. The lowest BCUT2D eigenvalue weighted by Crippen LogP contribution is -2.42. The predicted octanol–water partition coefficient (Wildman–Crippen LogP) is 5.62. The number of hydrogen-bond donors (Lipinski definition) is 0. The maximum Gasteiger partial charge on any atom is 0.0378 e. The molecule has 0 atom stereocenters. The molecular formula is C26H36N2. The van der Waals surface area contributed by atoms with E-state index >= 15 is 0 Å². The molecule has 2 nitrogen and oxygen atoms in total. The first-order valence-electron chi connectivity index (χ1n) is 10.8. The maximum atomic E-state index is 4.17. The number of rotatable bonds is 7. The molecule has 3 rings (SSSR count). The Bertz CT molecular complexity index is 821. The molecule has 1 saturated heterocycles. The maximum absolute atomic E-state index is 4.17. The average Bonchev–Trinajstić information content (AvgIpc) is 2.69. The molecule has 0 radical (unpaired) electrons. The highest BCUT2D eigenvalue weighted by molar-refractivity contribution is 5.72. The molecule has 2 heteroatoms. The van der Waals surface area contributed by atoms with Crippen molar-refractivity contribution in [3.8, 4) is 11.1 Å². The number of hydrogen-bond acceptors (Lipinski definition) is 2. The molecule has 0 amide bonds. The Balaban J connectivity index is 1.62. The van der Waals surface area contributed by atoms with E-state index in [1.54, 1.807) is 0 Å². The molecule has 0 bridgehead atoms. The van der Waals surface area contributed by atoms with Gasteiger partial charge in [0, 0.05) is 32.4 Å². The summed E-state index contributed by atoms with van der Waals surface area (Å²) in [6.45, 7) is 15.5. The van der Waals surface area contributed by atoms with Gasteiger partial charge < -0.3 is 4.90 Å². The SMILES string of the molecule is C=C1CN(CCCCc2cccc(-c3cccc(CC)c3C)c2C)CCN1C. The Morgan fingerprint density at radius 1 is 0.893 bits per heavy atom. The van der Waals surface area contributed by atoms with E-state index in [4.69, 9.17) is 0 Å². The Hall–Kier alpha value is -2.06. The highest BCUT2D eigenvalue weighted by Crippen LogP contribution is 2.31. The molecule has 1 heterocycles. The lowest BCUT2D eigenvalue weighted by atomic mass is 9.90. The number of unbranched alkanes of at least 4 members (excludes halogenated alkanes) is 1. The fourth-order valence-electron chi connectivity index (χ4n) is 4.35. The number of likely N-dealkylation sites (N-methyl/N-ethyl adjacent to an activating group) is 1. The first-order chi connectivity index (χ1) is 13.5. The van der Waals surface area contributed by atoms with E-state index in [2.05, 4.69) is 80.6 Å². The van der Waals surface area contributed by atoms with E-state index in [0.29, 0.717) is 0 Å². The lowest BCUT2D eigenvalue weighted by Gasteiger charge is -2.35. The van der Waals surface area contributed by atoms with Gasteiger partial charge in [-0.05, 0) is 79.5 Å². The van der Waals surface area contributed by atoms with E-state index in [-0.39, 0.29) is 0 Å². The van der Waals surface area contributed by atoms with Crippen LogP contribution in [0.1, 0.15) is 42.0 Å². The van der Waals surface area contributed by atoms with Gasteiger partial charge in [0.05, 0.1) is 0 Å². The predicted molar refractivity (Wildman–Crippen MR) is 122 cm³/mol. The quantitative estimate of drug-likeness (QED) is 0.579. The highest BCUT2D eigenvalue weighted by atomic mass is 15.3. The molecule has 1 aliphatic rings. The van der Waals surface area contributed by atoms with Crippen molar-refractivity contribution < 1.29 is 0 Å². The van der Waals surface area contributed by atoms with Crippen LogP contribution >= 0.6 is 0 Å². The van der Waals surface area contributed by atoms with Gasteiger partial charge in [0.1, 0.15) is 0 Å². The van der Waals surface area contributed by atoms with Crippen molar-refractivity contribution in [1.82, 2.24) is 9.80 Å². The fourth-order valence-corrected chi connectivity index (χ4v) is 4.35. The summed E-state index contributed by atoms with van der Waals surface area (Å²) < 4.78 is 0. The van der Waals surface area contributed by atoms with Crippen LogP contribution in [0.3, 0.4) is 0 Å². The van der Waals surface area contributed by atoms with Gasteiger partial charge in [0.15, 0.2) is 0 Å². The van der Waals surface area contributed by atoms with Gasteiger partial charge in [-0.3, -0.25) is 4.90 Å². The molecule has 150 valence electrons. The van der Waals surface area contributed by atoms with Crippen LogP contribution in [-0.4, -0.2) is 43.0 Å². The molecule has 0 aliphatic carbocycles. The van der Waals surface area contributed by atoms with Gasteiger partial charge in [-0.25, -0.2) is 0 Å². The molecule has 28 heavy (non-hydrogen) atoms. The second-order valence-corrected chi connectivity index (χ2v) is 8.25. The van der Waals surface area contributed by atoms with Gasteiger partial charge in [-0.15, -0.1) is 0 Å². The van der Waals surface area contributed by atoms with E-state index in [0.717, 1.165) is 26.1 Å². The zero-order chi connectivity index (χ0) is 20.1. The minimum atomic E-state index is 1.03. The molecule has 2 aromatic rings. The molecule has 1 fully saturated rings. The minimum absolute atomic E-state index is 1.03. The van der Waals surface area contributed by atoms with Crippen LogP contribution in [0.5, 0.6) is 0 Å². The smallest absolute Gasteiger partial charge is 0.0378 e. The summed E-state index contributed by atoms with van der Waals surface area (Å²) in [5.74, 6) is 0. The molecule has 0 aromatic heterocycles. The highest BCUT2D eigenvalue weighted by Gasteiger charge is 2.16. The van der Waals surface area contributed by atoms with Crippen LogP contribution in [0, 0.1) is 13.8 Å². The third-order valence-electron chi connectivity index (χ3n) is 6.43. The number of aryl methyl sites for hydroxylation is 2. The standard InChI is InChI=1S/C26H36N2/c1-6-23-12-9-14-25(21(23)3)26-15-10-13-24(22(26)4)11-7-8-16-28-18-17-27(5)20(2)19-28/h9-10,12-15H,2,6-8,11,16-19H2,1,3-5H3. The van der Waals surface area contributed by atoms with Crippen LogP contribution in [0.25, 0.3) is 11.1 Å². The largest absolute Gasteiger partial charge is 0.376 e. The van der Waals surface area contributed by atoms with Crippen molar-refractivity contribution in [3.63, 3.8) is 0 Å². The summed E-state index contributed by atoms with van der Waals surface area (Å²) in [5.41, 5.74) is 9.89. The van der Waals surface area contributed by atoms with E-state index in [9.17, 15) is 0 Å². The number of nitrogens with zero attached hydrogens (tertiary/aromatic N) is 2. The monoisotopic (exact) mass is 376 g/mol. The van der Waals surface area contributed by atoms with Crippen molar-refractivity contribution >= 4 is 0 Å². The normalized spacial score (nSPS) is 15.3. The lowest BCUT2D eigenvalue weighted by molar-refractivity contribution is 0.194. The second kappa shape index (κ2) is 9.43. The van der Waals surface area contributed by atoms with Crippen LogP contribution in [0.4, 0.5) is 0 Å². The van der Waals surface area contributed by atoms with Crippen molar-refractivity contribution in [2.24, 2.45) is 0 Å². The van der Waals surface area contributed by atoms with Gasteiger partial charge in [0.2, 0.25) is 0 Å². The summed E-state index contributed by atoms with van der Waals surface area (Å²) in [6, 6.07) is 13.6. The van der Waals surface area contributed by atoms with E-state index in [1.165, 1.54) is 64.9 Å². The van der Waals surface area contributed by atoms with Crippen LogP contribution in [0.15, 0.2) is 48.7 Å². The average molecular weight is 377 g/mol. The van der Waals surface area contributed by atoms with Crippen molar-refractivity contribution in [3.05, 3.63) is 70.9 Å². The van der Waals surface area contributed by atoms with E-state index in [1.807, 2.05) is 0 Å². The van der Waals surface area contributed by atoms with Gasteiger partial charge in [-0.1, -0.05) is 49.9 Å². The summed E-state index contributed by atoms with van der Waals surface area (Å²) >= 11 is 0. The van der Waals surface area contributed by atoms with Gasteiger partial charge in [0.25, 0.3) is 0 Å². The first kappa shape index (κ1) is 20.7. The first-order valence-corrected chi connectivity index (χ1v) is 10.8. The Kier molecular flexibility index (Phi) is 6.96. The minimum Gasteiger partial charge on any atom is -0.376 e. The topological polar surface area (TPSA) is 6.48 Å². The summed E-state index contributed by atoms with van der Waals surface area (Å²) in [4.78, 5) is 4.83. The van der Waals surface area contributed by atoms with Crippen LogP contribution < -0.4 is 0 Å². The van der Waals surface area contributed by atoms with Gasteiger partial charge in [-0.2, -0.15) is 0 Å². The van der Waals surface area contributed by atoms with Crippen molar-refractivity contribution in [2.75, 3.05) is 33.2 Å². The van der Waals surface area contributed by atoms with Crippen LogP contribution in [-0.2, 0) is 12.8 Å². The molecule has 0 unspecified atom stereocenters. The number of benzene rings is 2. The van der Waals surface area contributed by atoms with Crippen molar-refractivity contribution in [1.29, 1.82) is 0 Å². The molecule has 0 spiro atoms. The zero-order valence-corrected chi connectivity index (χ0v) is 18.2. The zero-order valence-electron chi connectivity index (χ0n) is 18.2. The molecule has 1 aliphatic heterocycles. The second-order valence-electron chi connectivity index (χ2n) is 8.25. The summed E-state index contributed by atoms with van der Waals surface area (Å²) in [6.07, 6.45) is 4.76. The number of piperazine rings is 1. The molecule has 0 N–H and O–H groups in total. The summed E-state index contributed by atoms with van der Waals surface area (Å²) in [7, 11) is 2.15. The van der Waals surface area contributed by atoms with Gasteiger partial charge >= 0.3 is 0 Å². The van der Waals surface area contributed by atoms with Crippen molar-refractivity contribution in [2.45, 2.75) is 46.5 Å². The Morgan fingerprint density at radius 2 is 1.54 bits per heavy atom. The molecular weight excluding hydrogens is 340 g/mol. The van der Waals surface area contributed by atoms with E-state index < -0.39 is 0 Å². The summed E-state index contributed by atoms with van der Waals surface area (Å²) in [5, 5.41) is 0. The molecule has 2 aromatic carbocycles. The van der Waals surface area contributed by atoms with Crippen LogP contribution in [0.2, 0.25) is 0 Å². The Morgan fingerprint density at radius 3 is 2.18 bits per heavy atom. The Labute approximate surface area is 171 Å². The third-order valence-corrected chi connectivity index (χ3v) is 6.43. The fraction of sp³-hybridized carbons (Fsp3) is 0.462.